The van der Waals surface area contributed by atoms with Crippen molar-refractivity contribution in [1.29, 1.82) is 0 Å². The Labute approximate surface area is 125 Å². The molecule has 0 saturated heterocycles. The van der Waals surface area contributed by atoms with E-state index in [1.807, 2.05) is 0 Å². The van der Waals surface area contributed by atoms with Gasteiger partial charge in [-0.15, -0.1) is 0 Å². The molecule has 0 radical (unpaired) electrons. The summed E-state index contributed by atoms with van der Waals surface area (Å²) in [6, 6.07) is 9.80. The number of hydrogen-bond acceptors (Lipinski definition) is 1. The van der Waals surface area contributed by atoms with E-state index in [4.69, 9.17) is 0 Å². The molecule has 3 atom stereocenters. The first-order valence-electron chi connectivity index (χ1n) is 8.04. The average molecular weight is 273 g/mol. The highest BCUT2D eigenvalue weighted by Crippen LogP contribution is 2.41. The van der Waals surface area contributed by atoms with E-state index in [1.165, 1.54) is 30.4 Å². The summed E-state index contributed by atoms with van der Waals surface area (Å²) >= 11 is 0. The Morgan fingerprint density at radius 2 is 1.75 bits per heavy atom. The summed E-state index contributed by atoms with van der Waals surface area (Å²) in [5.74, 6) is 0.771. The van der Waals surface area contributed by atoms with Crippen molar-refractivity contribution in [1.82, 2.24) is 5.32 Å². The lowest BCUT2D eigenvalue weighted by atomic mass is 9.66. The fourth-order valence-electron chi connectivity index (χ4n) is 3.50. The Balaban J connectivity index is 2.18. The summed E-state index contributed by atoms with van der Waals surface area (Å²) in [5.41, 5.74) is 3.38. The van der Waals surface area contributed by atoms with Crippen LogP contribution in [-0.4, -0.2) is 11.6 Å². The van der Waals surface area contributed by atoms with Gasteiger partial charge in [0.15, 0.2) is 0 Å². The minimum atomic E-state index is 0.199. The van der Waals surface area contributed by atoms with Crippen molar-refractivity contribution in [2.24, 2.45) is 5.92 Å². The third-order valence-electron chi connectivity index (χ3n) is 4.88. The largest absolute Gasteiger partial charge is 0.309 e. The third-order valence-corrected chi connectivity index (χ3v) is 4.88. The molecule has 1 saturated carbocycles. The van der Waals surface area contributed by atoms with Crippen molar-refractivity contribution in [2.45, 2.75) is 77.8 Å². The molecule has 1 aliphatic carbocycles. The van der Waals surface area contributed by atoms with E-state index in [2.05, 4.69) is 71.1 Å². The minimum absolute atomic E-state index is 0.199. The second kappa shape index (κ2) is 5.52. The van der Waals surface area contributed by atoms with Crippen LogP contribution in [0.2, 0.25) is 0 Å². The zero-order valence-electron chi connectivity index (χ0n) is 14.1. The number of rotatable bonds is 2. The van der Waals surface area contributed by atoms with Gasteiger partial charge in [0, 0.05) is 11.6 Å². The predicted molar refractivity (Wildman–Crippen MR) is 88.2 cm³/mol. The van der Waals surface area contributed by atoms with Crippen LogP contribution in [0.4, 0.5) is 0 Å². The van der Waals surface area contributed by atoms with Gasteiger partial charge in [-0.1, -0.05) is 43.7 Å². The normalized spacial score (nSPS) is 31.3. The quantitative estimate of drug-likeness (QED) is 0.814. The van der Waals surface area contributed by atoms with Crippen LogP contribution in [-0.2, 0) is 5.41 Å². The van der Waals surface area contributed by atoms with Gasteiger partial charge >= 0.3 is 0 Å². The van der Waals surface area contributed by atoms with Crippen molar-refractivity contribution in [2.75, 3.05) is 0 Å². The summed E-state index contributed by atoms with van der Waals surface area (Å²) in [5, 5.41) is 3.84. The lowest BCUT2D eigenvalue weighted by molar-refractivity contribution is 0.169. The fourth-order valence-corrected chi connectivity index (χ4v) is 3.50. The van der Waals surface area contributed by atoms with Crippen molar-refractivity contribution < 1.29 is 0 Å². The molecule has 1 heteroatoms. The molecule has 0 aliphatic heterocycles. The van der Waals surface area contributed by atoms with Crippen molar-refractivity contribution in [3.05, 3.63) is 35.4 Å². The highest BCUT2D eigenvalue weighted by atomic mass is 15.0. The molecule has 2 rings (SSSR count). The molecular weight excluding hydrogens is 242 g/mol. The SMILES string of the molecule is Cc1ccc(C2(C)CCC(C)C(NC(C)(C)C)C2)cc1. The maximum Gasteiger partial charge on any atom is 0.0106 e. The molecule has 3 unspecified atom stereocenters. The minimum Gasteiger partial charge on any atom is -0.309 e. The molecular formula is C19H31N. The summed E-state index contributed by atoms with van der Waals surface area (Å²) in [6.45, 7) is 13.8. The van der Waals surface area contributed by atoms with Gasteiger partial charge in [0.05, 0.1) is 0 Å². The van der Waals surface area contributed by atoms with Crippen LogP contribution < -0.4 is 5.32 Å². The smallest absolute Gasteiger partial charge is 0.0106 e. The molecule has 0 spiro atoms. The van der Waals surface area contributed by atoms with Crippen LogP contribution >= 0.6 is 0 Å². The highest BCUT2D eigenvalue weighted by Gasteiger charge is 2.38. The van der Waals surface area contributed by atoms with Crippen LogP contribution in [0.25, 0.3) is 0 Å². The Hall–Kier alpha value is -0.820. The van der Waals surface area contributed by atoms with Gasteiger partial charge in [-0.2, -0.15) is 0 Å². The third kappa shape index (κ3) is 3.63. The highest BCUT2D eigenvalue weighted by molar-refractivity contribution is 5.29. The van der Waals surface area contributed by atoms with E-state index in [0.717, 1.165) is 5.92 Å². The van der Waals surface area contributed by atoms with Crippen LogP contribution in [0, 0.1) is 12.8 Å². The summed E-state index contributed by atoms with van der Waals surface area (Å²) in [6.07, 6.45) is 3.87. The topological polar surface area (TPSA) is 12.0 Å². The number of benzene rings is 1. The molecule has 1 aromatic rings. The van der Waals surface area contributed by atoms with Crippen molar-refractivity contribution in [3.8, 4) is 0 Å². The van der Waals surface area contributed by atoms with Gasteiger partial charge in [-0.3, -0.25) is 0 Å². The van der Waals surface area contributed by atoms with E-state index in [1.54, 1.807) is 0 Å². The average Bonchev–Trinajstić information content (AvgIpc) is 2.33. The molecule has 1 nitrogen and oxygen atoms in total. The molecule has 20 heavy (non-hydrogen) atoms. The van der Waals surface area contributed by atoms with Crippen molar-refractivity contribution >= 4 is 0 Å². The number of nitrogens with one attached hydrogen (secondary N) is 1. The van der Waals surface area contributed by atoms with E-state index in [9.17, 15) is 0 Å². The molecule has 0 bridgehead atoms. The van der Waals surface area contributed by atoms with Crippen LogP contribution in [0.5, 0.6) is 0 Å². The molecule has 0 amide bonds. The summed E-state index contributed by atoms with van der Waals surface area (Å²) in [4.78, 5) is 0. The van der Waals surface area contributed by atoms with Crippen LogP contribution in [0.3, 0.4) is 0 Å². The van der Waals surface area contributed by atoms with Gasteiger partial charge < -0.3 is 5.32 Å². The van der Waals surface area contributed by atoms with E-state index in [0.29, 0.717) is 11.5 Å². The lowest BCUT2D eigenvalue weighted by Gasteiger charge is -2.45. The van der Waals surface area contributed by atoms with Gasteiger partial charge in [0.1, 0.15) is 0 Å². The fraction of sp³-hybridized carbons (Fsp3) is 0.684. The number of aryl methyl sites for hydroxylation is 1. The van der Waals surface area contributed by atoms with Crippen LogP contribution in [0.15, 0.2) is 24.3 Å². The maximum atomic E-state index is 3.84. The Morgan fingerprint density at radius 1 is 1.15 bits per heavy atom. The molecule has 0 heterocycles. The molecule has 1 aromatic carbocycles. The standard InChI is InChI=1S/C19H31N/c1-14-7-9-16(10-8-14)19(6)12-11-15(2)17(13-19)20-18(3,4)5/h7-10,15,17,20H,11-13H2,1-6H3. The Morgan fingerprint density at radius 3 is 2.30 bits per heavy atom. The van der Waals surface area contributed by atoms with Gasteiger partial charge in [0.25, 0.3) is 0 Å². The first-order chi connectivity index (χ1) is 9.20. The zero-order chi connectivity index (χ0) is 15.0. The monoisotopic (exact) mass is 273 g/mol. The molecule has 1 fully saturated rings. The van der Waals surface area contributed by atoms with E-state index in [-0.39, 0.29) is 5.54 Å². The Kier molecular flexibility index (Phi) is 4.30. The second-order valence-electron chi connectivity index (χ2n) is 8.15. The van der Waals surface area contributed by atoms with E-state index < -0.39 is 0 Å². The van der Waals surface area contributed by atoms with Gasteiger partial charge in [0.2, 0.25) is 0 Å². The maximum absolute atomic E-state index is 3.84. The van der Waals surface area contributed by atoms with Crippen LogP contribution in [0.1, 0.15) is 65.0 Å². The van der Waals surface area contributed by atoms with Gasteiger partial charge in [-0.05, 0) is 63.9 Å². The summed E-state index contributed by atoms with van der Waals surface area (Å²) in [7, 11) is 0. The first kappa shape index (κ1) is 15.6. The number of hydrogen-bond donors (Lipinski definition) is 1. The van der Waals surface area contributed by atoms with E-state index >= 15 is 0 Å². The second-order valence-corrected chi connectivity index (χ2v) is 8.15. The van der Waals surface area contributed by atoms with Gasteiger partial charge in [-0.25, -0.2) is 0 Å². The van der Waals surface area contributed by atoms with Crippen molar-refractivity contribution in [3.63, 3.8) is 0 Å². The lowest BCUT2D eigenvalue weighted by Crippen LogP contribution is -2.51. The molecule has 0 aromatic heterocycles. The molecule has 112 valence electrons. The predicted octanol–water partition coefficient (Wildman–Crippen LogP) is 4.83. The Bertz CT molecular complexity index is 440. The molecule has 1 aliphatic rings. The first-order valence-corrected chi connectivity index (χ1v) is 8.04. The zero-order valence-corrected chi connectivity index (χ0v) is 14.1. The molecule has 1 N–H and O–H groups in total. The summed E-state index contributed by atoms with van der Waals surface area (Å²) < 4.78 is 0.